The average Bonchev–Trinajstić information content (AvgIpc) is 2.20. The Bertz CT molecular complexity index is 386. The van der Waals surface area contributed by atoms with Crippen LogP contribution in [-0.4, -0.2) is 17.3 Å². The van der Waals surface area contributed by atoms with Crippen LogP contribution in [0, 0.1) is 11.3 Å². The van der Waals surface area contributed by atoms with Gasteiger partial charge in [-0.2, -0.15) is 5.26 Å². The number of methoxy groups -OCH3 is 1. The second kappa shape index (κ2) is 4.18. The van der Waals surface area contributed by atoms with Gasteiger partial charge in [-0.1, -0.05) is 11.6 Å². The van der Waals surface area contributed by atoms with Gasteiger partial charge in [-0.25, -0.2) is 0 Å². The molecule has 0 heterocycles. The first-order chi connectivity index (χ1) is 6.60. The summed E-state index contributed by atoms with van der Waals surface area (Å²) in [5.74, 6) is -0.0788. The second-order valence-corrected chi connectivity index (χ2v) is 2.99. The van der Waals surface area contributed by atoms with E-state index in [1.165, 1.54) is 19.2 Å². The number of phenols is 1. The summed E-state index contributed by atoms with van der Waals surface area (Å²) in [6.07, 6.45) is -1.28. The van der Waals surface area contributed by atoms with E-state index < -0.39 is 6.10 Å². The van der Waals surface area contributed by atoms with Crippen molar-refractivity contribution in [1.82, 2.24) is 0 Å². The van der Waals surface area contributed by atoms with Gasteiger partial charge >= 0.3 is 0 Å². The highest BCUT2D eigenvalue weighted by Crippen LogP contribution is 2.36. The fourth-order valence-corrected chi connectivity index (χ4v) is 1.20. The molecule has 1 aromatic carbocycles. The lowest BCUT2D eigenvalue weighted by atomic mass is 10.1. The first-order valence-electron chi connectivity index (χ1n) is 3.74. The van der Waals surface area contributed by atoms with E-state index in [-0.39, 0.29) is 22.1 Å². The van der Waals surface area contributed by atoms with Gasteiger partial charge in [0.2, 0.25) is 0 Å². The van der Waals surface area contributed by atoms with Gasteiger partial charge in [-0.3, -0.25) is 0 Å². The zero-order valence-corrected chi connectivity index (χ0v) is 8.12. The Morgan fingerprint density at radius 2 is 2.21 bits per heavy atom. The Morgan fingerprint density at radius 3 is 2.71 bits per heavy atom. The molecule has 0 radical (unpaired) electrons. The van der Waals surface area contributed by atoms with E-state index in [0.717, 1.165) is 0 Å². The number of phenolic OH excluding ortho intramolecular Hbond substituents is 1. The molecule has 0 aliphatic rings. The van der Waals surface area contributed by atoms with Crippen LogP contribution < -0.4 is 4.74 Å². The van der Waals surface area contributed by atoms with Crippen LogP contribution in [0.1, 0.15) is 11.7 Å². The van der Waals surface area contributed by atoms with E-state index in [1.54, 1.807) is 6.07 Å². The maximum Gasteiger partial charge on any atom is 0.176 e. The molecule has 0 bridgehead atoms. The smallest absolute Gasteiger partial charge is 0.176 e. The predicted octanol–water partition coefficient (Wildman–Crippen LogP) is 1.61. The zero-order valence-electron chi connectivity index (χ0n) is 7.36. The molecule has 14 heavy (non-hydrogen) atoms. The number of nitriles is 1. The van der Waals surface area contributed by atoms with Crippen molar-refractivity contribution in [3.8, 4) is 17.6 Å². The Kier molecular flexibility index (Phi) is 3.18. The highest BCUT2D eigenvalue weighted by molar-refractivity contribution is 6.32. The molecule has 1 atom stereocenters. The van der Waals surface area contributed by atoms with Crippen molar-refractivity contribution >= 4 is 11.6 Å². The molecule has 1 aromatic rings. The zero-order chi connectivity index (χ0) is 10.7. The Labute approximate surface area is 85.9 Å². The third-order valence-electron chi connectivity index (χ3n) is 1.71. The number of benzene rings is 1. The molecule has 0 fully saturated rings. The van der Waals surface area contributed by atoms with Gasteiger partial charge in [-0.05, 0) is 12.1 Å². The fraction of sp³-hybridized carbons (Fsp3) is 0.222. The van der Waals surface area contributed by atoms with Crippen molar-refractivity contribution in [2.24, 2.45) is 0 Å². The third kappa shape index (κ3) is 1.90. The highest BCUT2D eigenvalue weighted by Gasteiger charge is 2.13. The minimum Gasteiger partial charge on any atom is -0.503 e. The van der Waals surface area contributed by atoms with Crippen molar-refractivity contribution in [2.75, 3.05) is 7.11 Å². The van der Waals surface area contributed by atoms with Crippen LogP contribution in [0.2, 0.25) is 5.02 Å². The van der Waals surface area contributed by atoms with Gasteiger partial charge in [0.05, 0.1) is 18.2 Å². The van der Waals surface area contributed by atoms with Crippen molar-refractivity contribution < 1.29 is 14.9 Å². The van der Waals surface area contributed by atoms with Crippen molar-refractivity contribution in [3.63, 3.8) is 0 Å². The van der Waals surface area contributed by atoms with Crippen molar-refractivity contribution in [2.45, 2.75) is 6.10 Å². The molecule has 2 N–H and O–H groups in total. The molecule has 1 rings (SSSR count). The van der Waals surface area contributed by atoms with Gasteiger partial charge in [0.15, 0.2) is 17.6 Å². The van der Waals surface area contributed by atoms with Gasteiger partial charge in [-0.15, -0.1) is 0 Å². The fourth-order valence-electron chi connectivity index (χ4n) is 0.982. The average molecular weight is 214 g/mol. The SMILES string of the molecule is COc1cc(C(O)C#N)cc(Cl)c1O. The van der Waals surface area contributed by atoms with E-state index in [1.807, 2.05) is 0 Å². The highest BCUT2D eigenvalue weighted by atomic mass is 35.5. The van der Waals surface area contributed by atoms with E-state index in [4.69, 9.17) is 21.6 Å². The molecule has 0 aromatic heterocycles. The summed E-state index contributed by atoms with van der Waals surface area (Å²) in [5.41, 5.74) is 0.284. The quantitative estimate of drug-likeness (QED) is 0.732. The van der Waals surface area contributed by atoms with E-state index in [2.05, 4.69) is 0 Å². The predicted molar refractivity (Wildman–Crippen MR) is 50.2 cm³/mol. The maximum atomic E-state index is 9.35. The van der Waals surface area contributed by atoms with Crippen LogP contribution in [0.15, 0.2) is 12.1 Å². The van der Waals surface area contributed by atoms with Crippen molar-refractivity contribution in [1.29, 1.82) is 5.26 Å². The topological polar surface area (TPSA) is 73.5 Å². The van der Waals surface area contributed by atoms with Gasteiger partial charge in [0.25, 0.3) is 0 Å². The summed E-state index contributed by atoms with van der Waals surface area (Å²) in [6, 6.07) is 4.31. The number of nitrogens with zero attached hydrogens (tertiary/aromatic N) is 1. The number of aliphatic hydroxyl groups excluding tert-OH is 1. The summed E-state index contributed by atoms with van der Waals surface area (Å²) in [6.45, 7) is 0. The van der Waals surface area contributed by atoms with E-state index >= 15 is 0 Å². The Morgan fingerprint density at radius 1 is 1.57 bits per heavy atom. The summed E-state index contributed by atoms with van der Waals surface area (Å²) in [5, 5.41) is 27.1. The lowest BCUT2D eigenvalue weighted by molar-refractivity contribution is 0.235. The second-order valence-electron chi connectivity index (χ2n) is 2.59. The summed E-state index contributed by atoms with van der Waals surface area (Å²) in [7, 11) is 1.36. The number of aromatic hydroxyl groups is 1. The minimum atomic E-state index is -1.28. The number of hydrogen-bond donors (Lipinski definition) is 2. The first-order valence-corrected chi connectivity index (χ1v) is 4.12. The maximum absolute atomic E-state index is 9.35. The molecule has 74 valence electrons. The summed E-state index contributed by atoms with van der Waals surface area (Å²) in [4.78, 5) is 0. The normalized spacial score (nSPS) is 11.9. The van der Waals surface area contributed by atoms with E-state index in [0.29, 0.717) is 0 Å². The molecule has 0 saturated carbocycles. The van der Waals surface area contributed by atoms with Crippen molar-refractivity contribution in [3.05, 3.63) is 22.7 Å². The minimum absolute atomic E-state index is 0.0358. The standard InChI is InChI=1S/C9H8ClNO3/c1-14-8-3-5(7(12)4-11)2-6(10)9(8)13/h2-3,7,12-13H,1H3. The first kappa shape index (κ1) is 10.6. The lowest BCUT2D eigenvalue weighted by Crippen LogP contribution is -1.95. The van der Waals surface area contributed by atoms with Crippen LogP contribution in [0.4, 0.5) is 0 Å². The Hall–Kier alpha value is -1.44. The molecule has 0 aliphatic heterocycles. The monoisotopic (exact) mass is 213 g/mol. The number of rotatable bonds is 2. The molecule has 0 spiro atoms. The van der Waals surface area contributed by atoms with Gasteiger partial charge in [0.1, 0.15) is 0 Å². The molecule has 0 amide bonds. The van der Waals surface area contributed by atoms with Crippen LogP contribution >= 0.6 is 11.6 Å². The number of halogens is 1. The molecular formula is C9H8ClNO3. The molecule has 4 nitrogen and oxygen atoms in total. The molecule has 0 saturated heterocycles. The molecular weight excluding hydrogens is 206 g/mol. The van der Waals surface area contributed by atoms with Crippen LogP contribution in [0.3, 0.4) is 0 Å². The number of ether oxygens (including phenoxy) is 1. The summed E-state index contributed by atoms with van der Waals surface area (Å²) >= 11 is 5.65. The summed E-state index contributed by atoms with van der Waals surface area (Å²) < 4.78 is 4.81. The van der Waals surface area contributed by atoms with Crippen LogP contribution in [0.25, 0.3) is 0 Å². The number of hydrogen-bond acceptors (Lipinski definition) is 4. The third-order valence-corrected chi connectivity index (χ3v) is 2.00. The molecule has 0 aliphatic carbocycles. The lowest BCUT2D eigenvalue weighted by Gasteiger charge is -2.08. The Balaban J connectivity index is 3.24. The molecule has 1 unspecified atom stereocenters. The molecule has 5 heteroatoms. The number of aliphatic hydroxyl groups is 1. The van der Waals surface area contributed by atoms with Crippen LogP contribution in [-0.2, 0) is 0 Å². The van der Waals surface area contributed by atoms with E-state index in [9.17, 15) is 10.2 Å². The van der Waals surface area contributed by atoms with Gasteiger partial charge in [0, 0.05) is 5.56 Å². The van der Waals surface area contributed by atoms with Crippen LogP contribution in [0.5, 0.6) is 11.5 Å². The van der Waals surface area contributed by atoms with Gasteiger partial charge < -0.3 is 14.9 Å². The largest absolute Gasteiger partial charge is 0.503 e.